The van der Waals surface area contributed by atoms with Crippen LogP contribution in [0.5, 0.6) is 0 Å². The fourth-order valence-electron chi connectivity index (χ4n) is 5.40. The summed E-state index contributed by atoms with van der Waals surface area (Å²) in [5.74, 6) is 1.64. The minimum Gasteiger partial charge on any atom is -0.452 e. The Labute approximate surface area is 155 Å². The van der Waals surface area contributed by atoms with Crippen molar-refractivity contribution in [2.45, 2.75) is 71.4 Å². The number of nitrogens with one attached hydrogen (secondary N) is 1. The van der Waals surface area contributed by atoms with Gasteiger partial charge in [0.1, 0.15) is 0 Å². The average molecular weight is 358 g/mol. The lowest BCUT2D eigenvalue weighted by molar-refractivity contribution is -0.125. The molecule has 3 fully saturated rings. The van der Waals surface area contributed by atoms with Gasteiger partial charge in [-0.1, -0.05) is 6.42 Å². The first-order valence-corrected chi connectivity index (χ1v) is 10.1. The van der Waals surface area contributed by atoms with E-state index in [0.29, 0.717) is 17.5 Å². The molecule has 1 aromatic rings. The third-order valence-electron chi connectivity index (χ3n) is 6.77. The number of carbonyl (C=O) groups excluding carboxylic acids is 2. The van der Waals surface area contributed by atoms with Crippen molar-refractivity contribution in [1.29, 1.82) is 0 Å². The molecule has 26 heavy (non-hydrogen) atoms. The number of amides is 1. The van der Waals surface area contributed by atoms with Crippen LogP contribution in [0.25, 0.3) is 0 Å². The van der Waals surface area contributed by atoms with Gasteiger partial charge in [-0.05, 0) is 76.7 Å². The predicted octanol–water partition coefficient (Wildman–Crippen LogP) is 3.54. The number of nitrogens with zero attached hydrogens (tertiary/aromatic N) is 1. The standard InChI is InChI=1S/C21H30N2O3/c1-12-8-19(14(3)23(12)17-6-7-17)21(25)26-11-20(24)22-13(2)18-10-15-4-5-16(18)9-15/h8,13,15-18H,4-7,9-11H2,1-3H3,(H,22,24)/t13-,15+,16+,18-/m1/s1. The van der Waals surface area contributed by atoms with Crippen molar-refractivity contribution in [3.05, 3.63) is 23.0 Å². The zero-order valence-electron chi connectivity index (χ0n) is 16.1. The lowest BCUT2D eigenvalue weighted by Gasteiger charge is -2.28. The van der Waals surface area contributed by atoms with Gasteiger partial charge in [0.15, 0.2) is 6.61 Å². The van der Waals surface area contributed by atoms with E-state index in [0.717, 1.165) is 23.2 Å². The number of aromatic nitrogens is 1. The van der Waals surface area contributed by atoms with Gasteiger partial charge < -0.3 is 14.6 Å². The van der Waals surface area contributed by atoms with E-state index < -0.39 is 5.97 Å². The molecule has 1 amide bonds. The Hall–Kier alpha value is -1.78. The van der Waals surface area contributed by atoms with Gasteiger partial charge in [-0.25, -0.2) is 4.79 Å². The summed E-state index contributed by atoms with van der Waals surface area (Å²) in [7, 11) is 0. The lowest BCUT2D eigenvalue weighted by Crippen LogP contribution is -2.42. The molecule has 0 aliphatic heterocycles. The second kappa shape index (κ2) is 6.75. The van der Waals surface area contributed by atoms with E-state index in [4.69, 9.17) is 4.74 Å². The largest absolute Gasteiger partial charge is 0.452 e. The molecule has 4 rings (SSSR count). The van der Waals surface area contributed by atoms with Crippen molar-refractivity contribution in [3.63, 3.8) is 0 Å². The van der Waals surface area contributed by atoms with Crippen molar-refractivity contribution < 1.29 is 14.3 Å². The van der Waals surface area contributed by atoms with E-state index >= 15 is 0 Å². The molecular weight excluding hydrogens is 328 g/mol. The highest BCUT2D eigenvalue weighted by Crippen LogP contribution is 2.49. The first-order chi connectivity index (χ1) is 12.4. The number of rotatable bonds is 6. The van der Waals surface area contributed by atoms with Crippen LogP contribution in [0, 0.1) is 31.6 Å². The van der Waals surface area contributed by atoms with Crippen LogP contribution in [0.3, 0.4) is 0 Å². The van der Waals surface area contributed by atoms with E-state index in [-0.39, 0.29) is 18.6 Å². The highest BCUT2D eigenvalue weighted by Gasteiger charge is 2.42. The van der Waals surface area contributed by atoms with Crippen LogP contribution < -0.4 is 5.32 Å². The molecule has 3 saturated carbocycles. The number of esters is 1. The third-order valence-corrected chi connectivity index (χ3v) is 6.77. The van der Waals surface area contributed by atoms with Gasteiger partial charge in [-0.15, -0.1) is 0 Å². The molecule has 0 aromatic carbocycles. The van der Waals surface area contributed by atoms with Gasteiger partial charge in [0, 0.05) is 23.5 Å². The second-order valence-corrected chi connectivity index (χ2v) is 8.66. The molecular formula is C21H30N2O3. The Morgan fingerprint density at radius 3 is 2.62 bits per heavy atom. The molecule has 3 aliphatic carbocycles. The Bertz CT molecular complexity index is 719. The SMILES string of the molecule is Cc1cc(C(=O)OCC(=O)N[C@H](C)[C@H]2C[C@H]3CC[C@H]2C3)c(C)n1C1CC1. The summed E-state index contributed by atoms with van der Waals surface area (Å²) in [6.07, 6.45) is 7.58. The lowest BCUT2D eigenvalue weighted by atomic mass is 9.84. The maximum atomic E-state index is 12.4. The van der Waals surface area contributed by atoms with Gasteiger partial charge in [0.25, 0.3) is 5.91 Å². The first-order valence-electron chi connectivity index (χ1n) is 10.1. The molecule has 0 unspecified atom stereocenters. The molecule has 0 saturated heterocycles. The maximum Gasteiger partial charge on any atom is 0.340 e. The summed E-state index contributed by atoms with van der Waals surface area (Å²) in [5, 5.41) is 3.05. The molecule has 1 N–H and O–H groups in total. The molecule has 2 bridgehead atoms. The smallest absolute Gasteiger partial charge is 0.340 e. The van der Waals surface area contributed by atoms with Gasteiger partial charge in [-0.3, -0.25) is 4.79 Å². The quantitative estimate of drug-likeness (QED) is 0.791. The molecule has 5 heteroatoms. The van der Waals surface area contributed by atoms with Crippen molar-refractivity contribution >= 4 is 11.9 Å². The Morgan fingerprint density at radius 2 is 2.00 bits per heavy atom. The molecule has 142 valence electrons. The highest BCUT2D eigenvalue weighted by atomic mass is 16.5. The van der Waals surface area contributed by atoms with E-state index in [9.17, 15) is 9.59 Å². The van der Waals surface area contributed by atoms with Crippen molar-refractivity contribution in [1.82, 2.24) is 9.88 Å². The van der Waals surface area contributed by atoms with Gasteiger partial charge in [-0.2, -0.15) is 0 Å². The molecule has 1 aromatic heterocycles. The minimum atomic E-state index is -0.396. The van der Waals surface area contributed by atoms with Crippen molar-refractivity contribution in [3.8, 4) is 0 Å². The van der Waals surface area contributed by atoms with E-state index in [1.54, 1.807) is 0 Å². The summed E-state index contributed by atoms with van der Waals surface area (Å²) >= 11 is 0. The topological polar surface area (TPSA) is 60.3 Å². The molecule has 0 radical (unpaired) electrons. The van der Waals surface area contributed by atoms with E-state index in [1.165, 1.54) is 38.5 Å². The number of fused-ring (bicyclic) bond motifs is 2. The Kier molecular flexibility index (Phi) is 4.57. The number of hydrogen-bond donors (Lipinski definition) is 1. The van der Waals surface area contributed by atoms with Crippen LogP contribution in [0.15, 0.2) is 6.07 Å². The minimum absolute atomic E-state index is 0.163. The number of carbonyl (C=O) groups is 2. The zero-order valence-corrected chi connectivity index (χ0v) is 16.1. The normalized spacial score (nSPS) is 28.2. The van der Waals surface area contributed by atoms with Crippen LogP contribution >= 0.6 is 0 Å². The predicted molar refractivity (Wildman–Crippen MR) is 99.0 cm³/mol. The fraction of sp³-hybridized carbons (Fsp3) is 0.714. The van der Waals surface area contributed by atoms with Crippen LogP contribution in [-0.4, -0.2) is 29.1 Å². The molecule has 4 atom stereocenters. The average Bonchev–Trinajstić information content (AvgIpc) is 3.08. The van der Waals surface area contributed by atoms with Crippen LogP contribution in [0.4, 0.5) is 0 Å². The summed E-state index contributed by atoms with van der Waals surface area (Å²) in [6.45, 7) is 5.87. The van der Waals surface area contributed by atoms with Crippen molar-refractivity contribution in [2.24, 2.45) is 17.8 Å². The summed E-state index contributed by atoms with van der Waals surface area (Å²) in [4.78, 5) is 24.6. The second-order valence-electron chi connectivity index (χ2n) is 8.66. The Balaban J connectivity index is 1.29. The number of ether oxygens (including phenoxy) is 1. The molecule has 1 heterocycles. The van der Waals surface area contributed by atoms with Crippen LogP contribution in [0.1, 0.15) is 73.2 Å². The monoisotopic (exact) mass is 358 g/mol. The molecule has 0 spiro atoms. The summed E-state index contributed by atoms with van der Waals surface area (Å²) in [6, 6.07) is 2.57. The van der Waals surface area contributed by atoms with Gasteiger partial charge in [0.05, 0.1) is 5.56 Å². The number of aryl methyl sites for hydroxylation is 1. The summed E-state index contributed by atoms with van der Waals surface area (Å²) < 4.78 is 7.52. The number of hydrogen-bond acceptors (Lipinski definition) is 3. The molecule has 3 aliphatic rings. The van der Waals surface area contributed by atoms with E-state index in [2.05, 4.69) is 16.8 Å². The third kappa shape index (κ3) is 3.28. The maximum absolute atomic E-state index is 12.4. The highest BCUT2D eigenvalue weighted by molar-refractivity contribution is 5.92. The van der Waals surface area contributed by atoms with Crippen LogP contribution in [0.2, 0.25) is 0 Å². The van der Waals surface area contributed by atoms with Crippen LogP contribution in [-0.2, 0) is 9.53 Å². The molecule has 5 nitrogen and oxygen atoms in total. The van der Waals surface area contributed by atoms with Gasteiger partial charge >= 0.3 is 5.97 Å². The van der Waals surface area contributed by atoms with E-state index in [1.807, 2.05) is 19.9 Å². The Morgan fingerprint density at radius 1 is 1.23 bits per heavy atom. The fourth-order valence-corrected chi connectivity index (χ4v) is 5.40. The zero-order chi connectivity index (χ0) is 18.4. The first kappa shape index (κ1) is 17.6. The van der Waals surface area contributed by atoms with Gasteiger partial charge in [0.2, 0.25) is 0 Å². The van der Waals surface area contributed by atoms with Crippen molar-refractivity contribution in [2.75, 3.05) is 6.61 Å². The summed E-state index contributed by atoms with van der Waals surface area (Å²) in [5.41, 5.74) is 2.63.